The van der Waals surface area contributed by atoms with Gasteiger partial charge in [-0.25, -0.2) is 4.98 Å². The van der Waals surface area contributed by atoms with E-state index in [9.17, 15) is 4.79 Å². The summed E-state index contributed by atoms with van der Waals surface area (Å²) in [7, 11) is 0. The van der Waals surface area contributed by atoms with Crippen molar-refractivity contribution in [1.82, 2.24) is 10.3 Å². The molecule has 1 amide bonds. The molecular weight excluding hydrogens is 384 g/mol. The summed E-state index contributed by atoms with van der Waals surface area (Å²) >= 11 is 5.04. The number of nitrogens with one attached hydrogen (secondary N) is 1. The molecule has 3 nitrogen and oxygen atoms in total. The molecule has 0 bridgehead atoms. The Morgan fingerprint density at radius 1 is 1.12 bits per heavy atom. The fourth-order valence-electron chi connectivity index (χ4n) is 2.42. The van der Waals surface area contributed by atoms with E-state index in [1.165, 1.54) is 5.56 Å². The Morgan fingerprint density at radius 3 is 2.58 bits per heavy atom. The number of carbonyl (C=O) groups is 1. The predicted octanol–water partition coefficient (Wildman–Crippen LogP) is 5.12. The average molecular weight is 401 g/mol. The number of rotatable bonds is 4. The summed E-state index contributed by atoms with van der Waals surface area (Å²) in [6.45, 7) is 4.55. The maximum Gasteiger partial charge on any atom is 0.252 e. The van der Waals surface area contributed by atoms with Gasteiger partial charge in [-0.15, -0.1) is 11.3 Å². The zero-order valence-electron chi connectivity index (χ0n) is 13.5. The Kier molecular flexibility index (Phi) is 5.11. The van der Waals surface area contributed by atoms with Crippen LogP contribution in [0.1, 0.15) is 26.5 Å². The quantitative estimate of drug-likeness (QED) is 0.660. The molecule has 0 saturated carbocycles. The molecule has 1 aromatic heterocycles. The van der Waals surface area contributed by atoms with Crippen molar-refractivity contribution in [2.45, 2.75) is 20.4 Å². The second-order valence-corrected chi connectivity index (χ2v) is 7.44. The molecule has 1 heterocycles. The first-order chi connectivity index (χ1) is 11.6. The zero-order valence-corrected chi connectivity index (χ0v) is 15.9. The van der Waals surface area contributed by atoms with E-state index in [-0.39, 0.29) is 5.91 Å². The first-order valence-corrected chi connectivity index (χ1v) is 9.22. The van der Waals surface area contributed by atoms with E-state index in [1.54, 1.807) is 17.4 Å². The number of hydrogen-bond acceptors (Lipinski definition) is 3. The molecule has 0 aliphatic heterocycles. The van der Waals surface area contributed by atoms with Crippen LogP contribution in [0, 0.1) is 13.8 Å². The van der Waals surface area contributed by atoms with Gasteiger partial charge in [0.1, 0.15) is 5.01 Å². The molecular formula is C19H17BrN2OS. The van der Waals surface area contributed by atoms with Gasteiger partial charge in [-0.3, -0.25) is 4.79 Å². The summed E-state index contributed by atoms with van der Waals surface area (Å²) in [5.74, 6) is -0.0901. The van der Waals surface area contributed by atoms with Crippen molar-refractivity contribution < 1.29 is 4.79 Å². The summed E-state index contributed by atoms with van der Waals surface area (Å²) in [6.07, 6.45) is 0. The first kappa shape index (κ1) is 16.9. The molecule has 0 fully saturated rings. The van der Waals surface area contributed by atoms with E-state index in [0.717, 1.165) is 25.6 Å². The molecule has 5 heteroatoms. The molecule has 0 atom stereocenters. The summed E-state index contributed by atoms with van der Waals surface area (Å²) < 4.78 is 0.795. The lowest BCUT2D eigenvalue weighted by molar-refractivity contribution is 0.0950. The fraction of sp³-hybridized carbons (Fsp3) is 0.158. The lowest BCUT2D eigenvalue weighted by atomic mass is 10.1. The Labute approximate surface area is 153 Å². The van der Waals surface area contributed by atoms with Crippen LogP contribution in [0.2, 0.25) is 0 Å². The van der Waals surface area contributed by atoms with E-state index < -0.39 is 0 Å². The van der Waals surface area contributed by atoms with Gasteiger partial charge in [0, 0.05) is 14.9 Å². The molecule has 3 rings (SSSR count). The second kappa shape index (κ2) is 7.28. The van der Waals surface area contributed by atoms with Crippen LogP contribution in [0.25, 0.3) is 10.6 Å². The maximum absolute atomic E-state index is 12.3. The van der Waals surface area contributed by atoms with E-state index in [4.69, 9.17) is 0 Å². The molecule has 122 valence electrons. The Balaban J connectivity index is 1.76. The van der Waals surface area contributed by atoms with Gasteiger partial charge in [0.05, 0.1) is 17.8 Å². The molecule has 3 aromatic rings. The van der Waals surface area contributed by atoms with Crippen LogP contribution in [-0.4, -0.2) is 10.9 Å². The number of thiazole rings is 1. The van der Waals surface area contributed by atoms with Crippen molar-refractivity contribution in [3.8, 4) is 10.6 Å². The van der Waals surface area contributed by atoms with E-state index in [2.05, 4.69) is 45.3 Å². The van der Waals surface area contributed by atoms with Crippen LogP contribution in [0.15, 0.2) is 53.0 Å². The lowest BCUT2D eigenvalue weighted by Gasteiger charge is -2.05. The molecule has 0 unspecified atom stereocenters. The number of halogens is 1. The van der Waals surface area contributed by atoms with Gasteiger partial charge in [-0.05, 0) is 47.5 Å². The summed E-state index contributed by atoms with van der Waals surface area (Å²) in [4.78, 5) is 18.1. The molecule has 1 N–H and O–H groups in total. The average Bonchev–Trinajstić information content (AvgIpc) is 2.94. The highest BCUT2D eigenvalue weighted by Gasteiger charge is 2.13. The van der Waals surface area contributed by atoms with Gasteiger partial charge in [-0.2, -0.15) is 0 Å². The van der Waals surface area contributed by atoms with Gasteiger partial charge in [0.25, 0.3) is 5.91 Å². The number of aryl methyl sites for hydroxylation is 2. The molecule has 2 aromatic carbocycles. The number of carbonyl (C=O) groups excluding carboxylic acids is 1. The fourth-order valence-corrected chi connectivity index (χ4v) is 3.98. The van der Waals surface area contributed by atoms with Crippen molar-refractivity contribution in [2.75, 3.05) is 0 Å². The highest BCUT2D eigenvalue weighted by molar-refractivity contribution is 9.10. The number of hydrogen-bond donors (Lipinski definition) is 1. The van der Waals surface area contributed by atoms with Crippen LogP contribution in [0.4, 0.5) is 0 Å². The molecule has 0 aliphatic carbocycles. The Morgan fingerprint density at radius 2 is 1.83 bits per heavy atom. The van der Waals surface area contributed by atoms with Gasteiger partial charge >= 0.3 is 0 Å². The van der Waals surface area contributed by atoms with Crippen molar-refractivity contribution in [1.29, 1.82) is 0 Å². The molecule has 0 aliphatic rings. The minimum absolute atomic E-state index is 0.0901. The zero-order chi connectivity index (χ0) is 17.1. The molecule has 24 heavy (non-hydrogen) atoms. The smallest absolute Gasteiger partial charge is 0.252 e. The molecule has 0 saturated heterocycles. The monoisotopic (exact) mass is 400 g/mol. The summed E-state index contributed by atoms with van der Waals surface area (Å²) in [5.41, 5.74) is 3.95. The van der Waals surface area contributed by atoms with Crippen molar-refractivity contribution in [3.05, 3.63) is 74.7 Å². The topological polar surface area (TPSA) is 42.0 Å². The number of aromatic nitrogens is 1. The van der Waals surface area contributed by atoms with Crippen molar-refractivity contribution in [2.24, 2.45) is 0 Å². The SMILES string of the molecule is Cc1ccccc1-c1nc(C)c(CNC(=O)c2ccccc2Br)s1. The van der Waals surface area contributed by atoms with Crippen LogP contribution >= 0.6 is 27.3 Å². The third kappa shape index (κ3) is 3.57. The van der Waals surface area contributed by atoms with E-state index >= 15 is 0 Å². The lowest BCUT2D eigenvalue weighted by Crippen LogP contribution is -2.23. The van der Waals surface area contributed by atoms with Gasteiger partial charge in [-0.1, -0.05) is 36.4 Å². The van der Waals surface area contributed by atoms with Crippen LogP contribution in [-0.2, 0) is 6.54 Å². The normalized spacial score (nSPS) is 10.6. The maximum atomic E-state index is 12.3. The number of amides is 1. The predicted molar refractivity (Wildman–Crippen MR) is 102 cm³/mol. The van der Waals surface area contributed by atoms with E-state index in [1.807, 2.05) is 37.3 Å². The first-order valence-electron chi connectivity index (χ1n) is 7.61. The third-order valence-corrected chi connectivity index (χ3v) is 5.68. The van der Waals surface area contributed by atoms with Gasteiger partial charge in [0.2, 0.25) is 0 Å². The summed E-state index contributed by atoms with van der Waals surface area (Å²) in [5, 5.41) is 3.97. The van der Waals surface area contributed by atoms with Crippen molar-refractivity contribution >= 4 is 33.2 Å². The van der Waals surface area contributed by atoms with Crippen molar-refractivity contribution in [3.63, 3.8) is 0 Å². The standard InChI is InChI=1S/C19H17BrN2OS/c1-12-7-3-4-8-14(12)19-22-13(2)17(24-19)11-21-18(23)15-9-5-6-10-16(15)20/h3-10H,11H2,1-2H3,(H,21,23). The van der Waals surface area contributed by atoms with Crippen LogP contribution in [0.5, 0.6) is 0 Å². The minimum Gasteiger partial charge on any atom is -0.347 e. The van der Waals surface area contributed by atoms with Gasteiger partial charge in [0.15, 0.2) is 0 Å². The van der Waals surface area contributed by atoms with Crippen LogP contribution < -0.4 is 5.32 Å². The van der Waals surface area contributed by atoms with E-state index in [0.29, 0.717) is 12.1 Å². The number of nitrogens with zero attached hydrogens (tertiary/aromatic N) is 1. The van der Waals surface area contributed by atoms with Crippen LogP contribution in [0.3, 0.4) is 0 Å². The largest absolute Gasteiger partial charge is 0.347 e. The highest BCUT2D eigenvalue weighted by Crippen LogP contribution is 2.30. The second-order valence-electron chi connectivity index (χ2n) is 5.51. The number of benzene rings is 2. The third-order valence-electron chi connectivity index (χ3n) is 3.80. The molecule has 0 radical (unpaired) electrons. The highest BCUT2D eigenvalue weighted by atomic mass is 79.9. The summed E-state index contributed by atoms with van der Waals surface area (Å²) in [6, 6.07) is 15.6. The minimum atomic E-state index is -0.0901. The Hall–Kier alpha value is -1.98. The van der Waals surface area contributed by atoms with Gasteiger partial charge < -0.3 is 5.32 Å². The Bertz CT molecular complexity index is 889. The molecule has 0 spiro atoms.